The highest BCUT2D eigenvalue weighted by Crippen LogP contribution is 2.24. The van der Waals surface area contributed by atoms with E-state index in [1.807, 2.05) is 24.3 Å². The zero-order valence-electron chi connectivity index (χ0n) is 16.7. The lowest BCUT2D eigenvalue weighted by Gasteiger charge is -2.49. The average Bonchev–Trinajstić information content (AvgIpc) is 2.73. The molecule has 2 aromatic carbocycles. The summed E-state index contributed by atoms with van der Waals surface area (Å²) >= 11 is 0. The third kappa shape index (κ3) is 4.56. The van der Waals surface area contributed by atoms with Crippen LogP contribution < -0.4 is 15.4 Å². The Morgan fingerprint density at radius 3 is 2.34 bits per heavy atom. The first-order valence-electron chi connectivity index (χ1n) is 9.62. The van der Waals surface area contributed by atoms with Crippen molar-refractivity contribution in [2.75, 3.05) is 43.4 Å². The molecule has 8 heteroatoms. The van der Waals surface area contributed by atoms with E-state index in [1.165, 1.54) is 13.0 Å². The number of rotatable bonds is 5. The van der Waals surface area contributed by atoms with Crippen LogP contribution in [0.2, 0.25) is 0 Å². The number of nitrogens with two attached hydrogens (primary N) is 1. The third-order valence-electron chi connectivity index (χ3n) is 5.06. The van der Waals surface area contributed by atoms with Gasteiger partial charge in [-0.25, -0.2) is 9.55 Å². The van der Waals surface area contributed by atoms with E-state index in [0.717, 1.165) is 5.69 Å². The molecule has 0 aromatic heterocycles. The van der Waals surface area contributed by atoms with Crippen LogP contribution in [0.5, 0.6) is 5.75 Å². The standard InChI is InChI=1S/C21H26N4O4/c1-3-25(28,21(27)17-5-4-6-20(15-17)29-16(2)26)24-13-11-23(12-14-24)19-9-7-18(22)8-10-19/h4-10,15H,3,11-14,22H2,1-2H3. The van der Waals surface area contributed by atoms with Crippen LogP contribution in [0.4, 0.5) is 11.4 Å². The van der Waals surface area contributed by atoms with Crippen molar-refractivity contribution in [1.29, 1.82) is 0 Å². The van der Waals surface area contributed by atoms with Gasteiger partial charge in [0.15, 0.2) is 0 Å². The van der Waals surface area contributed by atoms with E-state index in [-0.39, 0.29) is 17.9 Å². The summed E-state index contributed by atoms with van der Waals surface area (Å²) < 4.78 is 3.97. The summed E-state index contributed by atoms with van der Waals surface area (Å²) in [6, 6.07) is 13.8. The topological polar surface area (TPSA) is 98.9 Å². The van der Waals surface area contributed by atoms with Gasteiger partial charge in [0, 0.05) is 31.4 Å². The van der Waals surface area contributed by atoms with Crippen LogP contribution in [0, 0.1) is 5.21 Å². The molecule has 0 spiro atoms. The van der Waals surface area contributed by atoms with Crippen LogP contribution in [0.25, 0.3) is 0 Å². The summed E-state index contributed by atoms with van der Waals surface area (Å²) in [5.41, 5.74) is 7.71. The van der Waals surface area contributed by atoms with Gasteiger partial charge in [0.25, 0.3) is 0 Å². The number of hydroxylamine groups is 2. The Morgan fingerprint density at radius 1 is 1.10 bits per heavy atom. The SMILES string of the molecule is CC[N+]([O-])(C(=O)c1cccc(OC(C)=O)c1)N1CCN(c2ccc(N)cc2)CC1. The molecule has 0 bridgehead atoms. The maximum absolute atomic E-state index is 13.5. The second-order valence-corrected chi connectivity index (χ2v) is 6.98. The monoisotopic (exact) mass is 398 g/mol. The van der Waals surface area contributed by atoms with Gasteiger partial charge in [0.2, 0.25) is 0 Å². The summed E-state index contributed by atoms with van der Waals surface area (Å²) in [5.74, 6) is -0.798. The molecule has 1 atom stereocenters. The van der Waals surface area contributed by atoms with Gasteiger partial charge in [-0.15, -0.1) is 5.01 Å². The molecule has 1 saturated heterocycles. The number of hydrogen-bond acceptors (Lipinski definition) is 7. The minimum absolute atomic E-state index is 0.0818. The molecule has 3 rings (SSSR count). The lowest BCUT2D eigenvalue weighted by atomic mass is 10.2. The van der Waals surface area contributed by atoms with Crippen molar-refractivity contribution in [3.8, 4) is 5.75 Å². The second kappa shape index (κ2) is 8.60. The number of amides is 1. The fourth-order valence-corrected chi connectivity index (χ4v) is 3.49. The number of anilines is 2. The smallest absolute Gasteiger partial charge is 0.365 e. The number of hydrogen-bond donors (Lipinski definition) is 1. The van der Waals surface area contributed by atoms with E-state index in [1.54, 1.807) is 30.1 Å². The number of ether oxygens (including phenoxy) is 1. The minimum atomic E-state index is -1.07. The molecule has 29 heavy (non-hydrogen) atoms. The van der Waals surface area contributed by atoms with Crippen LogP contribution in [0.3, 0.4) is 0 Å². The number of carbonyl (C=O) groups is 2. The molecule has 1 amide bonds. The molecule has 1 unspecified atom stereocenters. The molecule has 1 heterocycles. The highest BCUT2D eigenvalue weighted by Gasteiger charge is 2.37. The highest BCUT2D eigenvalue weighted by molar-refractivity contribution is 5.89. The summed E-state index contributed by atoms with van der Waals surface area (Å²) in [6.07, 6.45) is 0. The van der Waals surface area contributed by atoms with Crippen molar-refractivity contribution >= 4 is 23.3 Å². The summed E-state index contributed by atoms with van der Waals surface area (Å²) in [5, 5.41) is 15.2. The molecule has 0 saturated carbocycles. The molecule has 1 fully saturated rings. The number of nitrogen functional groups attached to an aromatic ring is 1. The molecule has 2 N–H and O–H groups in total. The maximum atomic E-state index is 13.5. The van der Waals surface area contributed by atoms with Gasteiger partial charge < -0.3 is 20.6 Å². The zero-order chi connectivity index (χ0) is 21.0. The van der Waals surface area contributed by atoms with Crippen molar-refractivity contribution in [2.24, 2.45) is 0 Å². The van der Waals surface area contributed by atoms with Crippen LogP contribution in [0.15, 0.2) is 48.5 Å². The van der Waals surface area contributed by atoms with Gasteiger partial charge in [0.1, 0.15) is 12.3 Å². The number of piperazine rings is 1. The second-order valence-electron chi connectivity index (χ2n) is 6.98. The van der Waals surface area contributed by atoms with Crippen LogP contribution in [0.1, 0.15) is 24.2 Å². The summed E-state index contributed by atoms with van der Waals surface area (Å²) in [6.45, 7) is 5.24. The number of quaternary nitrogens is 1. The van der Waals surface area contributed by atoms with Gasteiger partial charge >= 0.3 is 11.9 Å². The summed E-state index contributed by atoms with van der Waals surface area (Å²) in [4.78, 5) is 26.4. The van der Waals surface area contributed by atoms with E-state index in [2.05, 4.69) is 4.90 Å². The Bertz CT molecular complexity index is 879. The molecule has 2 aromatic rings. The van der Waals surface area contributed by atoms with Crippen molar-refractivity contribution < 1.29 is 19.1 Å². The molecule has 8 nitrogen and oxygen atoms in total. The molecule has 0 radical (unpaired) electrons. The number of esters is 1. The van der Waals surface area contributed by atoms with Crippen molar-refractivity contribution in [3.63, 3.8) is 0 Å². The quantitative estimate of drug-likeness (QED) is 0.271. The fraction of sp³-hybridized carbons (Fsp3) is 0.333. The first-order chi connectivity index (χ1) is 13.8. The predicted molar refractivity (Wildman–Crippen MR) is 111 cm³/mol. The third-order valence-corrected chi connectivity index (χ3v) is 5.06. The zero-order valence-corrected chi connectivity index (χ0v) is 16.7. The van der Waals surface area contributed by atoms with Crippen molar-refractivity contribution in [3.05, 3.63) is 59.3 Å². The lowest BCUT2D eigenvalue weighted by molar-refractivity contribution is -0.920. The Labute approximate surface area is 170 Å². The largest absolute Gasteiger partial charge is 0.604 e. The van der Waals surface area contributed by atoms with Crippen LogP contribution >= 0.6 is 0 Å². The van der Waals surface area contributed by atoms with E-state index >= 15 is 0 Å². The molecule has 154 valence electrons. The van der Waals surface area contributed by atoms with Crippen molar-refractivity contribution in [1.82, 2.24) is 5.01 Å². The van der Waals surface area contributed by atoms with E-state index in [9.17, 15) is 14.8 Å². The fourth-order valence-electron chi connectivity index (χ4n) is 3.49. The van der Waals surface area contributed by atoms with Gasteiger partial charge in [-0.2, -0.15) is 0 Å². The van der Waals surface area contributed by atoms with Crippen molar-refractivity contribution in [2.45, 2.75) is 13.8 Å². The summed E-state index contributed by atoms with van der Waals surface area (Å²) in [7, 11) is 0. The van der Waals surface area contributed by atoms with Gasteiger partial charge in [-0.05, 0) is 49.4 Å². The van der Waals surface area contributed by atoms with Gasteiger partial charge in [-0.1, -0.05) is 6.07 Å². The van der Waals surface area contributed by atoms with E-state index in [4.69, 9.17) is 10.5 Å². The van der Waals surface area contributed by atoms with E-state index in [0.29, 0.717) is 31.9 Å². The maximum Gasteiger partial charge on any atom is 0.365 e. The number of benzene rings is 2. The first kappa shape index (κ1) is 20.8. The Hall–Kier alpha value is -2.94. The molecule has 0 aliphatic carbocycles. The Morgan fingerprint density at radius 2 is 1.76 bits per heavy atom. The predicted octanol–water partition coefficient (Wildman–Crippen LogP) is 2.41. The Kier molecular flexibility index (Phi) is 6.17. The normalized spacial score (nSPS) is 16.9. The molecular weight excluding hydrogens is 372 g/mol. The average molecular weight is 398 g/mol. The van der Waals surface area contributed by atoms with Gasteiger partial charge in [-0.3, -0.25) is 4.79 Å². The number of carbonyl (C=O) groups excluding carboxylic acids is 2. The van der Waals surface area contributed by atoms with Crippen LogP contribution in [-0.2, 0) is 4.79 Å². The lowest BCUT2D eigenvalue weighted by Crippen LogP contribution is -2.64. The first-order valence-corrected chi connectivity index (χ1v) is 9.62. The highest BCUT2D eigenvalue weighted by atomic mass is 16.6. The minimum Gasteiger partial charge on any atom is -0.604 e. The van der Waals surface area contributed by atoms with E-state index < -0.39 is 16.6 Å². The van der Waals surface area contributed by atoms with Gasteiger partial charge in [0.05, 0.1) is 18.7 Å². The molecule has 1 aliphatic rings. The molecular formula is C21H26N4O4. The Balaban J connectivity index is 1.73. The van der Waals surface area contributed by atoms with Crippen LogP contribution in [-0.4, -0.2) is 54.4 Å². The number of nitrogens with zero attached hydrogens (tertiary/aromatic N) is 3. The molecule has 1 aliphatic heterocycles.